The molecule has 0 amide bonds. The van der Waals surface area contributed by atoms with E-state index in [9.17, 15) is 0 Å². The number of hydrogen-bond donors (Lipinski definition) is 0. The Hall–Kier alpha value is -0.470. The average molecular weight is 222 g/mol. The molecule has 0 aromatic heterocycles. The van der Waals surface area contributed by atoms with Gasteiger partial charge in [-0.25, -0.2) is 0 Å². The lowest BCUT2D eigenvalue weighted by Gasteiger charge is -2.10. The Labute approximate surface area is 96.2 Å². The molecular formula is C13H18OS. The van der Waals surface area contributed by atoms with Gasteiger partial charge in [0.15, 0.2) is 0 Å². The lowest BCUT2D eigenvalue weighted by molar-refractivity contribution is 0.173. The van der Waals surface area contributed by atoms with Crippen molar-refractivity contribution in [1.29, 1.82) is 0 Å². The molecule has 1 nitrogen and oxygen atoms in total. The lowest BCUT2D eigenvalue weighted by atomic mass is 10.0. The molecule has 1 unspecified atom stereocenters. The van der Waals surface area contributed by atoms with Crippen molar-refractivity contribution in [3.05, 3.63) is 29.8 Å². The second kappa shape index (κ2) is 5.04. The van der Waals surface area contributed by atoms with Gasteiger partial charge in [-0.05, 0) is 36.5 Å². The van der Waals surface area contributed by atoms with Crippen molar-refractivity contribution in [2.75, 3.05) is 6.61 Å². The maximum atomic E-state index is 5.60. The smallest absolute Gasteiger partial charge is 0.107 e. The van der Waals surface area contributed by atoms with Crippen LogP contribution in [-0.2, 0) is 4.74 Å². The van der Waals surface area contributed by atoms with Crippen LogP contribution in [0, 0.1) is 0 Å². The summed E-state index contributed by atoms with van der Waals surface area (Å²) in [5, 5.41) is 0. The van der Waals surface area contributed by atoms with E-state index in [1.165, 1.54) is 23.3 Å². The summed E-state index contributed by atoms with van der Waals surface area (Å²) in [7, 11) is 0. The predicted octanol–water partition coefficient (Wildman–Crippen LogP) is 4.04. The van der Waals surface area contributed by atoms with Crippen LogP contribution in [-0.4, -0.2) is 12.0 Å². The van der Waals surface area contributed by atoms with Crippen molar-refractivity contribution >= 4 is 11.8 Å². The number of thioether (sulfide) groups is 1. The first-order chi connectivity index (χ1) is 7.25. The van der Waals surface area contributed by atoms with Gasteiger partial charge in [0, 0.05) is 11.5 Å². The highest BCUT2D eigenvalue weighted by molar-refractivity contribution is 7.99. The third-order valence-corrected chi connectivity index (χ3v) is 3.88. The van der Waals surface area contributed by atoms with Gasteiger partial charge in [0.1, 0.15) is 5.44 Å². The summed E-state index contributed by atoms with van der Waals surface area (Å²) < 4.78 is 5.60. The highest BCUT2D eigenvalue weighted by Crippen LogP contribution is 2.31. The molecule has 0 spiro atoms. The van der Waals surface area contributed by atoms with Crippen molar-refractivity contribution in [3.8, 4) is 0 Å². The maximum absolute atomic E-state index is 5.60. The van der Waals surface area contributed by atoms with Crippen LogP contribution >= 0.6 is 11.8 Å². The van der Waals surface area contributed by atoms with Gasteiger partial charge in [-0.2, -0.15) is 0 Å². The first kappa shape index (κ1) is 11.0. The number of hydrogen-bond acceptors (Lipinski definition) is 2. The van der Waals surface area contributed by atoms with E-state index in [4.69, 9.17) is 4.74 Å². The second-order valence-corrected chi connectivity index (χ2v) is 5.52. The Morgan fingerprint density at radius 3 is 2.53 bits per heavy atom. The molecule has 1 aromatic rings. The molecule has 2 heteroatoms. The molecule has 1 aliphatic rings. The molecule has 1 aliphatic heterocycles. The summed E-state index contributed by atoms with van der Waals surface area (Å²) in [6.07, 6.45) is 2.40. The molecular weight excluding hydrogens is 204 g/mol. The average Bonchev–Trinajstić information content (AvgIpc) is 2.71. The molecule has 82 valence electrons. The van der Waals surface area contributed by atoms with Crippen LogP contribution in [0.5, 0.6) is 0 Å². The standard InChI is InChI=1S/C13H18OS/c1-10(2)11-5-7-12(8-6-11)15-13-4-3-9-14-13/h5-8,10,13H,3-4,9H2,1-2H3. The van der Waals surface area contributed by atoms with Gasteiger partial charge in [-0.1, -0.05) is 37.7 Å². The van der Waals surface area contributed by atoms with Crippen LogP contribution in [0.15, 0.2) is 29.2 Å². The minimum absolute atomic E-state index is 0.384. The van der Waals surface area contributed by atoms with Crippen LogP contribution < -0.4 is 0 Å². The lowest BCUT2D eigenvalue weighted by Crippen LogP contribution is -1.97. The van der Waals surface area contributed by atoms with Gasteiger partial charge in [0.25, 0.3) is 0 Å². The Kier molecular flexibility index (Phi) is 3.71. The van der Waals surface area contributed by atoms with Crippen LogP contribution in [0.25, 0.3) is 0 Å². The molecule has 0 aliphatic carbocycles. The molecule has 1 heterocycles. The van der Waals surface area contributed by atoms with Crippen molar-refractivity contribution < 1.29 is 4.74 Å². The minimum atomic E-state index is 0.384. The third-order valence-electron chi connectivity index (χ3n) is 2.70. The normalized spacial score (nSPS) is 21.1. The molecule has 0 saturated carbocycles. The van der Waals surface area contributed by atoms with Crippen LogP contribution in [0.3, 0.4) is 0 Å². The summed E-state index contributed by atoms with van der Waals surface area (Å²) in [5.74, 6) is 0.617. The quantitative estimate of drug-likeness (QED) is 0.763. The van der Waals surface area contributed by atoms with E-state index in [0.717, 1.165) is 6.61 Å². The summed E-state index contributed by atoms with van der Waals surface area (Å²) >= 11 is 1.85. The number of benzene rings is 1. The first-order valence-corrected chi connectivity index (χ1v) is 6.52. The third kappa shape index (κ3) is 2.99. The van der Waals surface area contributed by atoms with Crippen molar-refractivity contribution in [1.82, 2.24) is 0 Å². The zero-order valence-corrected chi connectivity index (χ0v) is 10.2. The highest BCUT2D eigenvalue weighted by Gasteiger charge is 2.16. The van der Waals surface area contributed by atoms with E-state index < -0.39 is 0 Å². The van der Waals surface area contributed by atoms with Gasteiger partial charge >= 0.3 is 0 Å². The molecule has 15 heavy (non-hydrogen) atoms. The number of rotatable bonds is 3. The zero-order valence-electron chi connectivity index (χ0n) is 9.40. The summed E-state index contributed by atoms with van der Waals surface area (Å²) in [6.45, 7) is 5.38. The van der Waals surface area contributed by atoms with Crippen LogP contribution in [0.4, 0.5) is 0 Å². The Bertz CT molecular complexity index is 299. The van der Waals surface area contributed by atoms with Gasteiger partial charge in [0.2, 0.25) is 0 Å². The summed E-state index contributed by atoms with van der Waals surface area (Å²) in [4.78, 5) is 1.33. The van der Waals surface area contributed by atoms with Gasteiger partial charge in [0.05, 0.1) is 0 Å². The predicted molar refractivity (Wildman–Crippen MR) is 65.4 cm³/mol. The maximum Gasteiger partial charge on any atom is 0.107 e. The monoisotopic (exact) mass is 222 g/mol. The molecule has 1 aromatic carbocycles. The SMILES string of the molecule is CC(C)c1ccc(SC2CCCO2)cc1. The summed E-state index contributed by atoms with van der Waals surface area (Å²) in [6, 6.07) is 8.87. The molecule has 0 bridgehead atoms. The molecule has 1 fully saturated rings. The van der Waals surface area contributed by atoms with Crippen molar-refractivity contribution in [2.24, 2.45) is 0 Å². The topological polar surface area (TPSA) is 9.23 Å². The fraction of sp³-hybridized carbons (Fsp3) is 0.538. The van der Waals surface area contributed by atoms with Crippen molar-refractivity contribution in [3.63, 3.8) is 0 Å². The Morgan fingerprint density at radius 1 is 1.27 bits per heavy atom. The van der Waals surface area contributed by atoms with Gasteiger partial charge in [-0.15, -0.1) is 0 Å². The molecule has 2 rings (SSSR count). The van der Waals surface area contributed by atoms with Crippen molar-refractivity contribution in [2.45, 2.75) is 42.9 Å². The van der Waals surface area contributed by atoms with E-state index in [2.05, 4.69) is 38.1 Å². The van der Waals surface area contributed by atoms with E-state index in [1.54, 1.807) is 0 Å². The first-order valence-electron chi connectivity index (χ1n) is 5.64. The zero-order chi connectivity index (χ0) is 10.7. The Balaban J connectivity index is 1.97. The largest absolute Gasteiger partial charge is 0.367 e. The van der Waals surface area contributed by atoms with Gasteiger partial charge < -0.3 is 4.74 Å². The van der Waals surface area contributed by atoms with E-state index in [1.807, 2.05) is 11.8 Å². The fourth-order valence-corrected chi connectivity index (χ4v) is 2.77. The van der Waals surface area contributed by atoms with Crippen LogP contribution in [0.1, 0.15) is 38.2 Å². The summed E-state index contributed by atoms with van der Waals surface area (Å²) in [5.41, 5.74) is 1.79. The molecule has 1 atom stereocenters. The van der Waals surface area contributed by atoms with Gasteiger partial charge in [-0.3, -0.25) is 0 Å². The van der Waals surface area contributed by atoms with Crippen LogP contribution in [0.2, 0.25) is 0 Å². The Morgan fingerprint density at radius 2 is 2.00 bits per heavy atom. The number of ether oxygens (including phenoxy) is 1. The van der Waals surface area contributed by atoms with E-state index >= 15 is 0 Å². The molecule has 0 N–H and O–H groups in total. The fourth-order valence-electron chi connectivity index (χ4n) is 1.72. The molecule has 1 saturated heterocycles. The second-order valence-electron chi connectivity index (χ2n) is 4.28. The minimum Gasteiger partial charge on any atom is -0.367 e. The highest BCUT2D eigenvalue weighted by atomic mass is 32.2. The van der Waals surface area contributed by atoms with E-state index in [0.29, 0.717) is 11.4 Å². The van der Waals surface area contributed by atoms with E-state index in [-0.39, 0.29) is 0 Å². The molecule has 0 radical (unpaired) electrons.